The number of esters is 1. The van der Waals surface area contributed by atoms with Gasteiger partial charge >= 0.3 is 5.97 Å². The first-order valence-electron chi connectivity index (χ1n) is 12.8. The van der Waals surface area contributed by atoms with Crippen molar-refractivity contribution in [3.8, 4) is 0 Å². The number of fused-ring (bicyclic) bond motifs is 1. The molecule has 1 aromatic heterocycles. The van der Waals surface area contributed by atoms with Gasteiger partial charge in [0.25, 0.3) is 11.6 Å². The summed E-state index contributed by atoms with van der Waals surface area (Å²) < 4.78 is 6.47. The molecule has 0 spiro atoms. The van der Waals surface area contributed by atoms with E-state index < -0.39 is 22.8 Å². The first-order chi connectivity index (χ1) is 19.7. The first kappa shape index (κ1) is 28.9. The van der Waals surface area contributed by atoms with Crippen LogP contribution < -0.4 is 10.8 Å². The van der Waals surface area contributed by atoms with Gasteiger partial charge in [0, 0.05) is 61.0 Å². The lowest BCUT2D eigenvalue weighted by molar-refractivity contribution is -0.384. The van der Waals surface area contributed by atoms with Crippen molar-refractivity contribution in [1.82, 2.24) is 25.5 Å². The molecule has 14 nitrogen and oxygen atoms in total. The molecule has 0 saturated heterocycles. The van der Waals surface area contributed by atoms with Gasteiger partial charge in [-0.05, 0) is 24.6 Å². The van der Waals surface area contributed by atoms with Gasteiger partial charge in [0.1, 0.15) is 18.4 Å². The van der Waals surface area contributed by atoms with Crippen LogP contribution in [0, 0.1) is 15.5 Å². The van der Waals surface area contributed by atoms with Crippen LogP contribution in [0.2, 0.25) is 0 Å². The summed E-state index contributed by atoms with van der Waals surface area (Å²) in [6.07, 6.45) is 2.25. The third-order valence-corrected chi connectivity index (χ3v) is 6.55. The minimum absolute atomic E-state index is 0.0414. The molecule has 2 aromatic carbocycles. The number of carbonyl (C=O) groups excluding carboxylic acids is 3. The van der Waals surface area contributed by atoms with Crippen molar-refractivity contribution in [2.75, 3.05) is 13.2 Å². The summed E-state index contributed by atoms with van der Waals surface area (Å²) in [6.45, 7) is 2.52. The van der Waals surface area contributed by atoms with Crippen molar-refractivity contribution in [2.24, 2.45) is 0 Å². The van der Waals surface area contributed by atoms with Gasteiger partial charge in [-0.15, -0.1) is 0 Å². The lowest BCUT2D eigenvalue weighted by Crippen LogP contribution is -2.50. The molecule has 2 heterocycles. The molecule has 3 aromatic rings. The van der Waals surface area contributed by atoms with Crippen LogP contribution in [0.4, 0.5) is 5.69 Å². The van der Waals surface area contributed by atoms with Gasteiger partial charge in [0.05, 0.1) is 17.2 Å². The van der Waals surface area contributed by atoms with Gasteiger partial charge in [-0.2, -0.15) is 5.10 Å². The Balaban J connectivity index is 1.53. The highest BCUT2D eigenvalue weighted by Crippen LogP contribution is 2.20. The Labute approximate surface area is 234 Å². The fourth-order valence-corrected chi connectivity index (χ4v) is 4.48. The maximum Gasteiger partial charge on any atom is 0.327 e. The third kappa shape index (κ3) is 7.10. The zero-order valence-electron chi connectivity index (χ0n) is 22.2. The number of nitro groups is 1. The molecule has 1 aliphatic heterocycles. The molecule has 4 N–H and O–H groups in total. The number of carbonyl (C=O) groups is 3. The van der Waals surface area contributed by atoms with E-state index in [4.69, 9.17) is 15.4 Å². The number of hydroxylamine groups is 1. The van der Waals surface area contributed by atoms with Crippen molar-refractivity contribution in [3.63, 3.8) is 0 Å². The van der Waals surface area contributed by atoms with Crippen LogP contribution in [0.1, 0.15) is 39.7 Å². The van der Waals surface area contributed by atoms with Crippen LogP contribution in [0.25, 0.3) is 0 Å². The molecule has 0 radical (unpaired) electrons. The number of ether oxygens (including phenoxy) is 1. The molecule has 14 heteroatoms. The standard InChI is InChI=1S/C27H29N7O7/c1-2-41-24(35)16-33-15-20-14-32(12-11-22(20)30-33)27(37)23(13-17-3-9-21(10-4-17)34(39)40)29-26(36)19-7-5-18(6-8-19)25(28)31-38/h3-10,15,23,38H,2,11-14,16H2,1H3,(H2,28,31)(H,29,36)/t23-/m0/s1. The number of hydrogen-bond acceptors (Lipinski definition) is 9. The molecule has 1 atom stereocenters. The van der Waals surface area contributed by atoms with Crippen LogP contribution in [-0.2, 0) is 40.3 Å². The van der Waals surface area contributed by atoms with Crippen LogP contribution in [-0.4, -0.2) is 67.6 Å². The van der Waals surface area contributed by atoms with E-state index in [1.807, 2.05) is 0 Å². The van der Waals surface area contributed by atoms with E-state index in [2.05, 4.69) is 10.4 Å². The van der Waals surface area contributed by atoms with E-state index in [9.17, 15) is 24.5 Å². The summed E-state index contributed by atoms with van der Waals surface area (Å²) in [6, 6.07) is 10.7. The average molecular weight is 564 g/mol. The quantitative estimate of drug-likeness (QED) is 0.0932. The Morgan fingerprint density at radius 1 is 1.15 bits per heavy atom. The van der Waals surface area contributed by atoms with Crippen LogP contribution in [0.3, 0.4) is 0 Å². The second-order valence-electron chi connectivity index (χ2n) is 9.33. The van der Waals surface area contributed by atoms with E-state index in [0.717, 1.165) is 11.3 Å². The monoisotopic (exact) mass is 563 g/mol. The zero-order chi connectivity index (χ0) is 29.5. The predicted octanol–water partition coefficient (Wildman–Crippen LogP) is 1.58. The number of amides is 2. The molecular formula is C27H29N7O7. The summed E-state index contributed by atoms with van der Waals surface area (Å²) in [5.41, 5.74) is 4.42. The van der Waals surface area contributed by atoms with E-state index in [-0.39, 0.29) is 49.1 Å². The molecule has 214 valence electrons. The van der Waals surface area contributed by atoms with E-state index in [1.54, 1.807) is 35.6 Å². The number of hydrogen-bond donors (Lipinski definition) is 4. The summed E-state index contributed by atoms with van der Waals surface area (Å²) >= 11 is 0. The zero-order valence-corrected chi connectivity index (χ0v) is 22.2. The molecule has 0 aliphatic carbocycles. The van der Waals surface area contributed by atoms with E-state index in [1.165, 1.54) is 41.1 Å². The van der Waals surface area contributed by atoms with Gasteiger partial charge in [-0.25, -0.2) is 0 Å². The van der Waals surface area contributed by atoms with Crippen LogP contribution in [0.5, 0.6) is 0 Å². The van der Waals surface area contributed by atoms with Crippen molar-refractivity contribution in [2.45, 2.75) is 38.9 Å². The highest BCUT2D eigenvalue weighted by atomic mass is 16.6. The van der Waals surface area contributed by atoms with Crippen molar-refractivity contribution in [1.29, 1.82) is 5.41 Å². The Bertz CT molecular complexity index is 1450. The second kappa shape index (κ2) is 12.8. The van der Waals surface area contributed by atoms with Gasteiger partial charge in [-0.3, -0.25) is 45.3 Å². The largest absolute Gasteiger partial charge is 0.465 e. The minimum atomic E-state index is -0.989. The molecular weight excluding hydrogens is 534 g/mol. The number of nitro benzene ring substituents is 1. The van der Waals surface area contributed by atoms with Gasteiger partial charge in [0.2, 0.25) is 5.91 Å². The normalized spacial score (nSPS) is 13.1. The highest BCUT2D eigenvalue weighted by Gasteiger charge is 2.30. The molecule has 4 rings (SSSR count). The number of aromatic nitrogens is 2. The number of rotatable bonds is 10. The Kier molecular flexibility index (Phi) is 9.04. The van der Waals surface area contributed by atoms with Gasteiger partial charge in [0.15, 0.2) is 0 Å². The Morgan fingerprint density at radius 3 is 2.46 bits per heavy atom. The van der Waals surface area contributed by atoms with Gasteiger partial charge < -0.3 is 15.0 Å². The predicted molar refractivity (Wildman–Crippen MR) is 144 cm³/mol. The molecule has 0 saturated carbocycles. The molecule has 41 heavy (non-hydrogen) atoms. The average Bonchev–Trinajstić information content (AvgIpc) is 3.37. The fraction of sp³-hybridized carbons (Fsp3) is 0.296. The van der Waals surface area contributed by atoms with Gasteiger partial charge in [-0.1, -0.05) is 24.3 Å². The molecule has 0 bridgehead atoms. The topological polar surface area (TPSA) is 193 Å². The summed E-state index contributed by atoms with van der Waals surface area (Å²) in [5, 5.41) is 34.8. The van der Waals surface area contributed by atoms with Crippen molar-refractivity contribution >= 4 is 29.3 Å². The Hall–Kier alpha value is -5.11. The Morgan fingerprint density at radius 2 is 1.83 bits per heavy atom. The second-order valence-corrected chi connectivity index (χ2v) is 9.33. The summed E-state index contributed by atoms with van der Waals surface area (Å²) in [5.74, 6) is -1.52. The van der Waals surface area contributed by atoms with E-state index in [0.29, 0.717) is 24.1 Å². The fourth-order valence-electron chi connectivity index (χ4n) is 4.48. The summed E-state index contributed by atoms with van der Waals surface area (Å²) in [7, 11) is 0. The number of benzene rings is 2. The lowest BCUT2D eigenvalue weighted by atomic mass is 10.0. The minimum Gasteiger partial charge on any atom is -0.465 e. The number of non-ortho nitro benzene ring substituents is 1. The number of nitrogens with zero attached hydrogens (tertiary/aromatic N) is 4. The van der Waals surface area contributed by atoms with Crippen molar-refractivity contribution in [3.05, 3.63) is 92.8 Å². The number of nitrogens with one attached hydrogen (secondary N) is 3. The van der Waals surface area contributed by atoms with E-state index >= 15 is 0 Å². The maximum absolute atomic E-state index is 13.7. The molecule has 2 amide bonds. The number of amidine groups is 1. The SMILES string of the molecule is CCOC(=O)Cn1cc2c(n1)CCN(C(=O)[C@H](Cc1ccc([N+](=O)[O-])cc1)NC(=O)c1ccc(C(=N)NO)cc1)C2. The lowest BCUT2D eigenvalue weighted by Gasteiger charge is -2.30. The highest BCUT2D eigenvalue weighted by molar-refractivity contribution is 6.00. The third-order valence-electron chi connectivity index (χ3n) is 6.55. The molecule has 0 fully saturated rings. The maximum atomic E-state index is 13.7. The first-order valence-corrected chi connectivity index (χ1v) is 12.8. The summed E-state index contributed by atoms with van der Waals surface area (Å²) in [4.78, 5) is 50.9. The molecule has 0 unspecified atom stereocenters. The smallest absolute Gasteiger partial charge is 0.327 e. The molecule has 1 aliphatic rings. The van der Waals surface area contributed by atoms with Crippen LogP contribution >= 0.6 is 0 Å². The van der Waals surface area contributed by atoms with Crippen LogP contribution in [0.15, 0.2) is 54.7 Å². The van der Waals surface area contributed by atoms with Crippen molar-refractivity contribution < 1.29 is 29.3 Å².